The Kier molecular flexibility index (Phi) is 6.12. The fraction of sp³-hybridized carbons (Fsp3) is 0.269. The van der Waals surface area contributed by atoms with Crippen LogP contribution in [0, 0.1) is 12.7 Å². The average Bonchev–Trinajstić information content (AvgIpc) is 3.02. The van der Waals surface area contributed by atoms with Gasteiger partial charge >= 0.3 is 0 Å². The van der Waals surface area contributed by atoms with Crippen molar-refractivity contribution in [2.75, 3.05) is 23.8 Å². The lowest BCUT2D eigenvalue weighted by atomic mass is 9.87. The number of likely N-dealkylation sites (N-methyl/N-ethyl adjacent to an activating group) is 1. The Balaban J connectivity index is 1.55. The summed E-state index contributed by atoms with van der Waals surface area (Å²) in [4.78, 5) is 41.2. The summed E-state index contributed by atoms with van der Waals surface area (Å²) in [5, 5.41) is 2.07. The molecule has 8 heteroatoms. The number of rotatable bonds is 4. The molecule has 2 aliphatic rings. The number of benzene rings is 2. The Bertz CT molecular complexity index is 1260. The third kappa shape index (κ3) is 4.50. The van der Waals surface area contributed by atoms with Crippen LogP contribution in [0.15, 0.2) is 47.4 Å². The molecule has 2 heterocycles. The van der Waals surface area contributed by atoms with E-state index in [-0.39, 0.29) is 10.4 Å². The van der Waals surface area contributed by atoms with Crippen LogP contribution in [-0.2, 0) is 9.59 Å². The van der Waals surface area contributed by atoms with Gasteiger partial charge in [-0.15, -0.1) is 0 Å². The molecule has 1 fully saturated rings. The van der Waals surface area contributed by atoms with Gasteiger partial charge in [-0.2, -0.15) is 0 Å². The Morgan fingerprint density at radius 3 is 2.50 bits per heavy atom. The quantitative estimate of drug-likeness (QED) is 0.592. The van der Waals surface area contributed by atoms with E-state index in [0.717, 1.165) is 44.6 Å². The van der Waals surface area contributed by atoms with E-state index in [0.29, 0.717) is 5.69 Å². The van der Waals surface area contributed by atoms with E-state index >= 15 is 0 Å². The van der Waals surface area contributed by atoms with Crippen molar-refractivity contribution < 1.29 is 18.8 Å². The Labute approximate surface area is 202 Å². The number of carbonyl (C=O) groups excluding carboxylic acids is 3. The lowest BCUT2D eigenvalue weighted by Gasteiger charge is -2.41. The molecule has 0 atom stereocenters. The minimum atomic E-state index is -0.536. The van der Waals surface area contributed by atoms with Crippen molar-refractivity contribution >= 4 is 51.8 Å². The molecule has 2 aromatic rings. The smallest absolute Gasteiger partial charge is 0.294 e. The standard InChI is InChI=1S/C26H26FN3O3S/c1-15-10-21-20(16(2)13-26(3,4)29(21)5)11-17(15)12-22-24(32)30(25(33)34-22)14-23(31)28-19-8-6-18(27)7-9-19/h6-13H,14H2,1-5H3,(H,28,31)/b22-12+. The van der Waals surface area contributed by atoms with Gasteiger partial charge in [-0.3, -0.25) is 19.3 Å². The molecule has 176 valence electrons. The van der Waals surface area contributed by atoms with Gasteiger partial charge in [0.05, 0.1) is 10.4 Å². The van der Waals surface area contributed by atoms with Crippen LogP contribution >= 0.6 is 11.8 Å². The Hall–Kier alpha value is -3.39. The van der Waals surface area contributed by atoms with Crippen molar-refractivity contribution in [2.45, 2.75) is 33.2 Å². The van der Waals surface area contributed by atoms with Gasteiger partial charge in [-0.25, -0.2) is 4.39 Å². The molecule has 0 bridgehead atoms. The third-order valence-electron chi connectivity index (χ3n) is 6.19. The van der Waals surface area contributed by atoms with Gasteiger partial charge in [0.15, 0.2) is 0 Å². The van der Waals surface area contributed by atoms with Gasteiger partial charge in [-0.05, 0) is 98.6 Å². The number of hydrogen-bond donors (Lipinski definition) is 1. The maximum Gasteiger partial charge on any atom is 0.294 e. The predicted octanol–water partition coefficient (Wildman–Crippen LogP) is 5.44. The highest BCUT2D eigenvalue weighted by atomic mass is 32.2. The lowest BCUT2D eigenvalue weighted by Crippen LogP contribution is -2.42. The van der Waals surface area contributed by atoms with Gasteiger partial charge in [0.1, 0.15) is 12.4 Å². The first-order chi connectivity index (χ1) is 16.0. The number of halogens is 1. The molecule has 2 aliphatic heterocycles. The SMILES string of the molecule is CC1=CC(C)(C)N(C)c2cc(C)c(/C=C3/SC(=O)N(CC(=O)Nc4ccc(F)cc4)C3=O)cc21. The number of allylic oxidation sites excluding steroid dienone is 1. The zero-order valence-corrected chi connectivity index (χ0v) is 20.5. The summed E-state index contributed by atoms with van der Waals surface area (Å²) < 4.78 is 13.0. The molecule has 34 heavy (non-hydrogen) atoms. The second-order valence-electron chi connectivity index (χ2n) is 9.09. The number of nitrogens with one attached hydrogen (secondary N) is 1. The second kappa shape index (κ2) is 8.76. The van der Waals surface area contributed by atoms with E-state index in [2.05, 4.69) is 50.2 Å². The molecular weight excluding hydrogens is 453 g/mol. The van der Waals surface area contributed by atoms with Crippen LogP contribution in [-0.4, -0.2) is 41.1 Å². The largest absolute Gasteiger partial charge is 0.365 e. The molecule has 2 aromatic carbocycles. The molecule has 3 amide bonds. The van der Waals surface area contributed by atoms with Crippen molar-refractivity contribution in [2.24, 2.45) is 0 Å². The van der Waals surface area contributed by atoms with Gasteiger partial charge < -0.3 is 10.2 Å². The van der Waals surface area contributed by atoms with Crippen LogP contribution in [0.2, 0.25) is 0 Å². The molecule has 0 unspecified atom stereocenters. The molecule has 0 aliphatic carbocycles. The van der Waals surface area contributed by atoms with E-state index < -0.39 is 29.4 Å². The van der Waals surface area contributed by atoms with Crippen LogP contribution < -0.4 is 10.2 Å². The number of amides is 3. The second-order valence-corrected chi connectivity index (χ2v) is 10.1. The lowest BCUT2D eigenvalue weighted by molar-refractivity contribution is -0.127. The number of hydrogen-bond acceptors (Lipinski definition) is 5. The van der Waals surface area contributed by atoms with Crippen LogP contribution in [0.4, 0.5) is 20.6 Å². The molecule has 0 aromatic heterocycles. The van der Waals surface area contributed by atoms with Crippen LogP contribution in [0.3, 0.4) is 0 Å². The highest BCUT2D eigenvalue weighted by Crippen LogP contribution is 2.40. The number of aryl methyl sites for hydroxylation is 1. The maximum atomic E-state index is 13.0. The van der Waals surface area contributed by atoms with E-state index in [4.69, 9.17) is 0 Å². The normalized spacial score (nSPS) is 18.3. The first-order valence-electron chi connectivity index (χ1n) is 10.9. The van der Waals surface area contributed by atoms with Gasteiger partial charge in [0.2, 0.25) is 5.91 Å². The van der Waals surface area contributed by atoms with Gasteiger partial charge in [-0.1, -0.05) is 6.08 Å². The summed E-state index contributed by atoms with van der Waals surface area (Å²) in [5.74, 6) is -1.47. The fourth-order valence-corrected chi connectivity index (χ4v) is 4.96. The van der Waals surface area contributed by atoms with E-state index in [9.17, 15) is 18.8 Å². The molecule has 1 saturated heterocycles. The third-order valence-corrected chi connectivity index (χ3v) is 7.10. The van der Waals surface area contributed by atoms with Crippen LogP contribution in [0.1, 0.15) is 37.5 Å². The fourth-order valence-electron chi connectivity index (χ4n) is 4.13. The monoisotopic (exact) mass is 479 g/mol. The number of carbonyl (C=O) groups is 3. The first-order valence-corrected chi connectivity index (χ1v) is 11.7. The molecule has 6 nitrogen and oxygen atoms in total. The van der Waals surface area contributed by atoms with Gasteiger partial charge in [0.25, 0.3) is 11.1 Å². The van der Waals surface area contributed by atoms with Crippen molar-refractivity contribution in [3.63, 3.8) is 0 Å². The molecule has 0 saturated carbocycles. The average molecular weight is 480 g/mol. The number of nitrogens with zero attached hydrogens (tertiary/aromatic N) is 2. The highest BCUT2D eigenvalue weighted by molar-refractivity contribution is 8.18. The summed E-state index contributed by atoms with van der Waals surface area (Å²) in [6.45, 7) is 7.95. The highest BCUT2D eigenvalue weighted by Gasteiger charge is 2.36. The van der Waals surface area contributed by atoms with E-state index in [1.807, 2.05) is 13.0 Å². The minimum Gasteiger partial charge on any atom is -0.365 e. The summed E-state index contributed by atoms with van der Waals surface area (Å²) in [5.41, 5.74) is 5.45. The molecule has 0 spiro atoms. The number of thioether (sulfide) groups is 1. The molecule has 4 rings (SSSR count). The minimum absolute atomic E-state index is 0.109. The van der Waals surface area contributed by atoms with Crippen LogP contribution in [0.25, 0.3) is 11.6 Å². The maximum absolute atomic E-state index is 13.0. The number of imide groups is 1. The zero-order valence-electron chi connectivity index (χ0n) is 19.7. The zero-order chi connectivity index (χ0) is 24.8. The van der Waals surface area contributed by atoms with E-state index in [1.165, 1.54) is 24.3 Å². The van der Waals surface area contributed by atoms with Crippen molar-refractivity contribution in [1.29, 1.82) is 0 Å². The Morgan fingerprint density at radius 2 is 1.82 bits per heavy atom. The number of fused-ring (bicyclic) bond motifs is 1. The predicted molar refractivity (Wildman–Crippen MR) is 135 cm³/mol. The summed E-state index contributed by atoms with van der Waals surface area (Å²) in [6.07, 6.45) is 3.92. The summed E-state index contributed by atoms with van der Waals surface area (Å²) in [7, 11) is 2.06. The summed E-state index contributed by atoms with van der Waals surface area (Å²) in [6, 6.07) is 9.39. The topological polar surface area (TPSA) is 69.7 Å². The van der Waals surface area contributed by atoms with Gasteiger partial charge in [0, 0.05) is 24.0 Å². The molecular formula is C26H26FN3O3S. The van der Waals surface area contributed by atoms with Crippen molar-refractivity contribution in [3.8, 4) is 0 Å². The summed E-state index contributed by atoms with van der Waals surface area (Å²) >= 11 is 0.818. The number of anilines is 2. The van der Waals surface area contributed by atoms with Crippen molar-refractivity contribution in [1.82, 2.24) is 4.90 Å². The van der Waals surface area contributed by atoms with Crippen molar-refractivity contribution in [3.05, 3.63) is 69.9 Å². The molecule has 1 N–H and O–H groups in total. The molecule has 0 radical (unpaired) electrons. The van der Waals surface area contributed by atoms with Crippen LogP contribution in [0.5, 0.6) is 0 Å². The van der Waals surface area contributed by atoms with E-state index in [1.54, 1.807) is 6.08 Å². The first kappa shape index (κ1) is 23.8. The Morgan fingerprint density at radius 1 is 1.15 bits per heavy atom.